The maximum Gasteiger partial charge on any atom is 0.279 e. The summed E-state index contributed by atoms with van der Waals surface area (Å²) in [6.07, 6.45) is 5.49. The second kappa shape index (κ2) is 8.50. The van der Waals surface area contributed by atoms with Crippen LogP contribution in [0.15, 0.2) is 77.8 Å². The molecule has 6 heteroatoms. The molecule has 0 radical (unpaired) electrons. The molecule has 1 aromatic heterocycles. The van der Waals surface area contributed by atoms with E-state index in [4.69, 9.17) is 18.0 Å². The van der Waals surface area contributed by atoms with Crippen molar-refractivity contribution < 1.29 is 9.59 Å². The van der Waals surface area contributed by atoms with Gasteiger partial charge in [0.25, 0.3) is 5.91 Å². The van der Waals surface area contributed by atoms with E-state index in [1.165, 1.54) is 11.3 Å². The smallest absolute Gasteiger partial charge is 0.279 e. The second-order valence-electron chi connectivity index (χ2n) is 6.48. The normalized spacial score (nSPS) is 11.4. The van der Waals surface area contributed by atoms with Gasteiger partial charge in [-0.15, -0.1) is 6.42 Å². The van der Waals surface area contributed by atoms with Gasteiger partial charge < -0.3 is 4.57 Å². The summed E-state index contributed by atoms with van der Waals surface area (Å²) in [5.74, 6) is 2.09. The monoisotopic (exact) mass is 430 g/mol. The molecule has 146 valence electrons. The topological polar surface area (TPSA) is 51.4 Å². The average Bonchev–Trinajstić information content (AvgIpc) is 3.10. The summed E-state index contributed by atoms with van der Waals surface area (Å²) in [7, 11) is 0. The standard InChI is InChI=1S/C24H15ClN2O2S/c1-2-14-27-20-13-12-19(25)15-21(20)30-24(27)26-23(29)18-10-8-17(9-11-18)22(28)16-6-4-3-5-7-16/h1,3-13,15H,14H2. The first-order valence-electron chi connectivity index (χ1n) is 9.08. The molecule has 0 N–H and O–H groups in total. The number of amides is 1. The zero-order valence-corrected chi connectivity index (χ0v) is 17.3. The first-order valence-corrected chi connectivity index (χ1v) is 10.3. The van der Waals surface area contributed by atoms with E-state index in [0.29, 0.717) is 26.5 Å². The number of carbonyl (C=O) groups is 2. The second-order valence-corrected chi connectivity index (χ2v) is 7.92. The van der Waals surface area contributed by atoms with Crippen molar-refractivity contribution >= 4 is 44.8 Å². The Bertz CT molecular complexity index is 1360. The summed E-state index contributed by atoms with van der Waals surface area (Å²) in [4.78, 5) is 30.0. The number of rotatable bonds is 4. The Morgan fingerprint density at radius 1 is 0.967 bits per heavy atom. The number of carbonyl (C=O) groups excluding carboxylic acids is 2. The molecule has 0 aliphatic carbocycles. The first-order chi connectivity index (χ1) is 14.6. The minimum absolute atomic E-state index is 0.0974. The van der Waals surface area contributed by atoms with Crippen LogP contribution in [0.2, 0.25) is 5.02 Å². The van der Waals surface area contributed by atoms with Crippen molar-refractivity contribution in [3.63, 3.8) is 0 Å². The molecule has 4 rings (SSSR count). The summed E-state index contributed by atoms with van der Waals surface area (Å²) in [5, 5.41) is 0.605. The van der Waals surface area contributed by atoms with Gasteiger partial charge in [-0.2, -0.15) is 4.99 Å². The molecule has 0 saturated heterocycles. The van der Waals surface area contributed by atoms with Crippen molar-refractivity contribution in [3.05, 3.63) is 99.3 Å². The molecule has 0 atom stereocenters. The third-order valence-electron chi connectivity index (χ3n) is 4.52. The van der Waals surface area contributed by atoms with Crippen molar-refractivity contribution in [2.45, 2.75) is 6.54 Å². The van der Waals surface area contributed by atoms with Gasteiger partial charge in [-0.25, -0.2) is 0 Å². The molecular formula is C24H15ClN2O2S. The van der Waals surface area contributed by atoms with Gasteiger partial charge in [0.2, 0.25) is 0 Å². The van der Waals surface area contributed by atoms with Crippen LogP contribution in [0.4, 0.5) is 0 Å². The zero-order valence-electron chi connectivity index (χ0n) is 15.7. The fraction of sp³-hybridized carbons (Fsp3) is 0.0417. The molecule has 0 aliphatic heterocycles. The Labute approximate surface area is 182 Å². The SMILES string of the molecule is C#CCn1c(=NC(=O)c2ccc(C(=O)c3ccccc3)cc2)sc2cc(Cl)ccc21. The minimum Gasteiger partial charge on any atom is -0.305 e. The van der Waals surface area contributed by atoms with E-state index < -0.39 is 5.91 Å². The fourth-order valence-electron chi connectivity index (χ4n) is 3.05. The van der Waals surface area contributed by atoms with Crippen LogP contribution in [0.5, 0.6) is 0 Å². The Kier molecular flexibility index (Phi) is 5.62. The van der Waals surface area contributed by atoms with Crippen LogP contribution in [-0.2, 0) is 6.54 Å². The van der Waals surface area contributed by atoms with Crippen LogP contribution < -0.4 is 4.80 Å². The number of terminal acetylenes is 1. The van der Waals surface area contributed by atoms with Crippen molar-refractivity contribution in [1.82, 2.24) is 4.57 Å². The number of benzene rings is 3. The first kappa shape index (κ1) is 19.8. The van der Waals surface area contributed by atoms with Gasteiger partial charge in [0.05, 0.1) is 16.8 Å². The van der Waals surface area contributed by atoms with E-state index in [0.717, 1.165) is 10.2 Å². The summed E-state index contributed by atoms with van der Waals surface area (Å²) in [6, 6.07) is 20.9. The lowest BCUT2D eigenvalue weighted by Crippen LogP contribution is -2.16. The van der Waals surface area contributed by atoms with E-state index in [1.807, 2.05) is 34.9 Å². The van der Waals surface area contributed by atoms with Crippen molar-refractivity contribution in [2.24, 2.45) is 4.99 Å². The molecule has 0 saturated carbocycles. The number of thiazole rings is 1. The Balaban J connectivity index is 1.67. The number of ketones is 1. The van der Waals surface area contributed by atoms with E-state index in [-0.39, 0.29) is 12.3 Å². The molecule has 0 bridgehead atoms. The van der Waals surface area contributed by atoms with Crippen LogP contribution in [0, 0.1) is 12.3 Å². The van der Waals surface area contributed by atoms with Gasteiger partial charge >= 0.3 is 0 Å². The maximum atomic E-state index is 12.7. The lowest BCUT2D eigenvalue weighted by Gasteiger charge is -2.02. The van der Waals surface area contributed by atoms with Gasteiger partial charge in [0.15, 0.2) is 10.6 Å². The average molecular weight is 431 g/mol. The molecule has 4 nitrogen and oxygen atoms in total. The number of hydrogen-bond acceptors (Lipinski definition) is 3. The number of aromatic nitrogens is 1. The quantitative estimate of drug-likeness (QED) is 0.339. The van der Waals surface area contributed by atoms with Gasteiger partial charge in [-0.3, -0.25) is 9.59 Å². The van der Waals surface area contributed by atoms with Gasteiger partial charge in [0.1, 0.15) is 0 Å². The molecule has 0 aliphatic rings. The molecule has 4 aromatic rings. The highest BCUT2D eigenvalue weighted by Crippen LogP contribution is 2.22. The predicted molar refractivity (Wildman–Crippen MR) is 120 cm³/mol. The Hall–Kier alpha value is -3.46. The summed E-state index contributed by atoms with van der Waals surface area (Å²) in [6.45, 7) is 0.290. The molecular weight excluding hydrogens is 416 g/mol. The van der Waals surface area contributed by atoms with E-state index in [9.17, 15) is 9.59 Å². The molecule has 1 amide bonds. The molecule has 30 heavy (non-hydrogen) atoms. The molecule has 1 heterocycles. The van der Waals surface area contributed by atoms with E-state index >= 15 is 0 Å². The number of hydrogen-bond donors (Lipinski definition) is 0. The van der Waals surface area contributed by atoms with E-state index in [2.05, 4.69) is 10.9 Å². The third kappa shape index (κ3) is 3.97. The van der Waals surface area contributed by atoms with Crippen LogP contribution in [-0.4, -0.2) is 16.3 Å². The van der Waals surface area contributed by atoms with Crippen molar-refractivity contribution in [1.29, 1.82) is 0 Å². The lowest BCUT2D eigenvalue weighted by atomic mass is 10.0. The van der Waals surface area contributed by atoms with Crippen LogP contribution in [0.1, 0.15) is 26.3 Å². The number of halogens is 1. The highest BCUT2D eigenvalue weighted by Gasteiger charge is 2.12. The summed E-state index contributed by atoms with van der Waals surface area (Å²) in [5.41, 5.74) is 2.37. The number of nitrogens with zero attached hydrogens (tertiary/aromatic N) is 2. The zero-order chi connectivity index (χ0) is 21.1. The molecule has 0 unspecified atom stereocenters. The Morgan fingerprint density at radius 3 is 2.33 bits per heavy atom. The summed E-state index contributed by atoms with van der Waals surface area (Å²) >= 11 is 7.42. The van der Waals surface area contributed by atoms with Gasteiger partial charge in [0, 0.05) is 21.7 Å². The van der Waals surface area contributed by atoms with Crippen LogP contribution in [0.3, 0.4) is 0 Å². The molecule has 3 aromatic carbocycles. The predicted octanol–water partition coefficient (Wildman–Crippen LogP) is 4.96. The Morgan fingerprint density at radius 2 is 1.63 bits per heavy atom. The van der Waals surface area contributed by atoms with Crippen LogP contribution >= 0.6 is 22.9 Å². The minimum atomic E-state index is -0.405. The van der Waals surface area contributed by atoms with Gasteiger partial charge in [-0.1, -0.05) is 71.3 Å². The molecule has 0 fully saturated rings. The number of fused-ring (bicyclic) bond motifs is 1. The van der Waals surface area contributed by atoms with Gasteiger partial charge in [-0.05, 0) is 30.3 Å². The third-order valence-corrected chi connectivity index (χ3v) is 5.80. The maximum absolute atomic E-state index is 12.7. The highest BCUT2D eigenvalue weighted by atomic mass is 35.5. The summed E-state index contributed by atoms with van der Waals surface area (Å²) < 4.78 is 2.70. The van der Waals surface area contributed by atoms with Crippen molar-refractivity contribution in [2.75, 3.05) is 0 Å². The largest absolute Gasteiger partial charge is 0.305 e. The lowest BCUT2D eigenvalue weighted by molar-refractivity contribution is 0.0994. The molecule has 0 spiro atoms. The van der Waals surface area contributed by atoms with Crippen LogP contribution in [0.25, 0.3) is 10.2 Å². The fourth-order valence-corrected chi connectivity index (χ4v) is 4.35. The van der Waals surface area contributed by atoms with E-state index in [1.54, 1.807) is 42.5 Å². The highest BCUT2D eigenvalue weighted by molar-refractivity contribution is 7.16. The van der Waals surface area contributed by atoms with Crippen molar-refractivity contribution in [3.8, 4) is 12.3 Å².